The molecule has 0 aliphatic heterocycles. The largest absolute Gasteiger partial charge is 0.497 e. The van der Waals surface area contributed by atoms with Gasteiger partial charge in [0.25, 0.3) is 0 Å². The predicted molar refractivity (Wildman–Crippen MR) is 168 cm³/mol. The summed E-state index contributed by atoms with van der Waals surface area (Å²) in [6.45, 7) is 4.91. The van der Waals surface area contributed by atoms with E-state index >= 15 is 0 Å². The summed E-state index contributed by atoms with van der Waals surface area (Å²) in [5.41, 5.74) is 3.41. The van der Waals surface area contributed by atoms with Gasteiger partial charge < -0.3 is 14.8 Å². The van der Waals surface area contributed by atoms with Crippen LogP contribution < -0.4 is 19.7 Å². The number of hydrogen-bond acceptors (Lipinski definition) is 7. The number of carbonyl (C=O) groups is 1. The molecule has 9 heteroatoms. The second-order valence-corrected chi connectivity index (χ2v) is 10.7. The zero-order valence-corrected chi connectivity index (χ0v) is 24.6. The molecule has 0 aliphatic rings. The Morgan fingerprint density at radius 2 is 1.45 bits per heavy atom. The van der Waals surface area contributed by atoms with E-state index in [0.29, 0.717) is 24.1 Å². The number of carbonyl (C=O) groups excluding carboxylic acids is 1. The molecule has 8 nitrogen and oxygen atoms in total. The SMILES string of the molecule is CCOc1ccc(NCc2nnc(S[C@H](C)C(=O)N(c3ccccc3)c3ccccc3)n2-c2ccc(OC)cc2)cc1. The molecule has 5 aromatic rings. The fraction of sp³-hybridized carbons (Fsp3) is 0.182. The van der Waals surface area contributed by atoms with Crippen LogP contribution in [0.4, 0.5) is 17.1 Å². The maximum absolute atomic E-state index is 14.0. The fourth-order valence-electron chi connectivity index (χ4n) is 4.45. The lowest BCUT2D eigenvalue weighted by Gasteiger charge is -2.26. The van der Waals surface area contributed by atoms with Gasteiger partial charge in [-0.2, -0.15) is 0 Å². The topological polar surface area (TPSA) is 81.5 Å². The molecule has 0 radical (unpaired) electrons. The maximum Gasteiger partial charge on any atom is 0.244 e. The molecule has 1 amide bonds. The van der Waals surface area contributed by atoms with Crippen molar-refractivity contribution in [3.63, 3.8) is 0 Å². The van der Waals surface area contributed by atoms with Gasteiger partial charge in [-0.3, -0.25) is 14.3 Å². The average Bonchev–Trinajstić information content (AvgIpc) is 3.44. The molecule has 4 aromatic carbocycles. The molecule has 1 aromatic heterocycles. The first-order valence-corrected chi connectivity index (χ1v) is 14.6. The number of nitrogens with zero attached hydrogens (tertiary/aromatic N) is 4. The first kappa shape index (κ1) is 28.8. The Morgan fingerprint density at radius 3 is 2.02 bits per heavy atom. The number of aromatic nitrogens is 3. The van der Waals surface area contributed by atoms with E-state index in [1.165, 1.54) is 11.8 Å². The van der Waals surface area contributed by atoms with Crippen molar-refractivity contribution in [1.29, 1.82) is 0 Å². The summed E-state index contributed by atoms with van der Waals surface area (Å²) >= 11 is 1.37. The maximum atomic E-state index is 14.0. The molecule has 214 valence electrons. The van der Waals surface area contributed by atoms with E-state index in [0.717, 1.165) is 34.2 Å². The molecule has 1 atom stereocenters. The van der Waals surface area contributed by atoms with E-state index in [1.807, 2.05) is 128 Å². The number of methoxy groups -OCH3 is 1. The van der Waals surface area contributed by atoms with Crippen LogP contribution in [0, 0.1) is 0 Å². The smallest absolute Gasteiger partial charge is 0.244 e. The first-order chi connectivity index (χ1) is 20.6. The molecule has 0 spiro atoms. The molecule has 0 unspecified atom stereocenters. The number of thioether (sulfide) groups is 1. The molecule has 0 saturated heterocycles. The summed E-state index contributed by atoms with van der Waals surface area (Å²) in [5.74, 6) is 2.22. The van der Waals surface area contributed by atoms with Crippen LogP contribution in [0.5, 0.6) is 11.5 Å². The number of nitrogens with one attached hydrogen (secondary N) is 1. The predicted octanol–water partition coefficient (Wildman–Crippen LogP) is 7.13. The summed E-state index contributed by atoms with van der Waals surface area (Å²) in [6, 6.07) is 34.9. The number of ether oxygens (including phenoxy) is 2. The highest BCUT2D eigenvalue weighted by Crippen LogP contribution is 2.32. The van der Waals surface area contributed by atoms with E-state index in [1.54, 1.807) is 12.0 Å². The van der Waals surface area contributed by atoms with Gasteiger partial charge in [-0.05, 0) is 86.6 Å². The lowest BCUT2D eigenvalue weighted by molar-refractivity contribution is -0.117. The van der Waals surface area contributed by atoms with Crippen LogP contribution in [-0.4, -0.2) is 39.6 Å². The quantitative estimate of drug-likeness (QED) is 0.157. The molecule has 0 fully saturated rings. The van der Waals surface area contributed by atoms with Gasteiger partial charge >= 0.3 is 0 Å². The zero-order valence-electron chi connectivity index (χ0n) is 23.8. The van der Waals surface area contributed by atoms with Crippen molar-refractivity contribution in [3.05, 3.63) is 115 Å². The highest BCUT2D eigenvalue weighted by molar-refractivity contribution is 8.00. The van der Waals surface area contributed by atoms with Crippen molar-refractivity contribution in [2.45, 2.75) is 30.8 Å². The summed E-state index contributed by atoms with van der Waals surface area (Å²) in [7, 11) is 1.64. The Bertz CT molecular complexity index is 1540. The number of anilines is 3. The highest BCUT2D eigenvalue weighted by atomic mass is 32.2. The summed E-state index contributed by atoms with van der Waals surface area (Å²) in [5, 5.41) is 12.6. The average molecular weight is 580 g/mol. The standard InChI is InChI=1S/C33H33N5O3S/c1-4-41-30-19-15-25(16-20-30)34-23-31-35-36-33(38(31)28-17-21-29(40-3)22-18-28)42-24(2)32(39)37(26-11-7-5-8-12-26)27-13-9-6-10-14-27/h5-22,24,34H,4,23H2,1-3H3/t24-/m1/s1. The molecular weight excluding hydrogens is 546 g/mol. The molecule has 5 rings (SSSR count). The third kappa shape index (κ3) is 6.75. The normalized spacial score (nSPS) is 11.5. The van der Waals surface area contributed by atoms with Gasteiger partial charge in [-0.15, -0.1) is 10.2 Å². The number of amides is 1. The van der Waals surface area contributed by atoms with Gasteiger partial charge in [0.1, 0.15) is 11.5 Å². The molecule has 1 N–H and O–H groups in total. The Kier molecular flexibility index (Phi) is 9.41. The molecule has 42 heavy (non-hydrogen) atoms. The first-order valence-electron chi connectivity index (χ1n) is 13.7. The van der Waals surface area contributed by atoms with Crippen LogP contribution in [-0.2, 0) is 11.3 Å². The van der Waals surface area contributed by atoms with E-state index in [9.17, 15) is 4.79 Å². The van der Waals surface area contributed by atoms with Gasteiger partial charge in [-0.1, -0.05) is 48.2 Å². The number of benzene rings is 4. The fourth-order valence-corrected chi connectivity index (χ4v) is 5.37. The molecule has 0 saturated carbocycles. The van der Waals surface area contributed by atoms with Gasteiger partial charge in [0, 0.05) is 22.7 Å². The number of para-hydroxylation sites is 2. The van der Waals surface area contributed by atoms with Crippen molar-refractivity contribution in [3.8, 4) is 17.2 Å². The van der Waals surface area contributed by atoms with Gasteiger partial charge in [0.2, 0.25) is 5.91 Å². The number of hydrogen-bond donors (Lipinski definition) is 1. The third-order valence-corrected chi connectivity index (χ3v) is 7.56. The van der Waals surface area contributed by atoms with E-state index in [4.69, 9.17) is 9.47 Å². The van der Waals surface area contributed by atoms with Crippen LogP contribution >= 0.6 is 11.8 Å². The minimum atomic E-state index is -0.460. The lowest BCUT2D eigenvalue weighted by Crippen LogP contribution is -2.33. The van der Waals surface area contributed by atoms with Crippen LogP contribution in [0.1, 0.15) is 19.7 Å². The lowest BCUT2D eigenvalue weighted by atomic mass is 10.2. The van der Waals surface area contributed by atoms with Gasteiger partial charge in [0.15, 0.2) is 11.0 Å². The van der Waals surface area contributed by atoms with Crippen LogP contribution in [0.2, 0.25) is 0 Å². The van der Waals surface area contributed by atoms with E-state index in [-0.39, 0.29) is 5.91 Å². The Morgan fingerprint density at radius 1 is 0.857 bits per heavy atom. The zero-order chi connectivity index (χ0) is 29.3. The van der Waals surface area contributed by atoms with Gasteiger partial charge in [-0.25, -0.2) is 0 Å². The second kappa shape index (κ2) is 13.7. The van der Waals surface area contributed by atoms with Crippen LogP contribution in [0.15, 0.2) is 114 Å². The third-order valence-electron chi connectivity index (χ3n) is 6.53. The van der Waals surface area contributed by atoms with Crippen molar-refractivity contribution in [1.82, 2.24) is 14.8 Å². The van der Waals surface area contributed by atoms with Crippen LogP contribution in [0.3, 0.4) is 0 Å². The number of rotatable bonds is 12. The van der Waals surface area contributed by atoms with Crippen molar-refractivity contribution in [2.24, 2.45) is 0 Å². The minimum Gasteiger partial charge on any atom is -0.497 e. The van der Waals surface area contributed by atoms with Crippen molar-refractivity contribution < 1.29 is 14.3 Å². The van der Waals surface area contributed by atoms with Crippen molar-refractivity contribution in [2.75, 3.05) is 23.9 Å². The monoisotopic (exact) mass is 579 g/mol. The van der Waals surface area contributed by atoms with E-state index < -0.39 is 5.25 Å². The summed E-state index contributed by atoms with van der Waals surface area (Å²) in [4.78, 5) is 15.7. The molecular formula is C33H33N5O3S. The van der Waals surface area contributed by atoms with Crippen LogP contribution in [0.25, 0.3) is 5.69 Å². The summed E-state index contributed by atoms with van der Waals surface area (Å²) in [6.07, 6.45) is 0. The molecule has 0 aliphatic carbocycles. The molecule has 1 heterocycles. The van der Waals surface area contributed by atoms with Gasteiger partial charge in [0.05, 0.1) is 25.5 Å². The highest BCUT2D eigenvalue weighted by Gasteiger charge is 2.27. The second-order valence-electron chi connectivity index (χ2n) is 9.35. The Hall–Kier alpha value is -4.76. The molecule has 0 bridgehead atoms. The van der Waals surface area contributed by atoms with E-state index in [2.05, 4.69) is 15.5 Å². The minimum absolute atomic E-state index is 0.0595. The summed E-state index contributed by atoms with van der Waals surface area (Å²) < 4.78 is 12.9. The van der Waals surface area contributed by atoms with Crippen molar-refractivity contribution >= 4 is 34.7 Å². The Balaban J connectivity index is 1.42. The Labute approximate surface area is 250 Å².